The fourth-order valence-electron chi connectivity index (χ4n) is 1.96. The van der Waals surface area contributed by atoms with Crippen molar-refractivity contribution in [1.82, 2.24) is 5.32 Å². The summed E-state index contributed by atoms with van der Waals surface area (Å²) in [4.78, 5) is 14.7. The fraction of sp³-hybridized carbons (Fsp3) is 0.267. The van der Waals surface area contributed by atoms with Crippen LogP contribution < -0.4 is 11.1 Å². The van der Waals surface area contributed by atoms with Crippen LogP contribution in [0.1, 0.15) is 27.0 Å². The Morgan fingerprint density at radius 2 is 2.15 bits per heavy atom. The maximum atomic E-state index is 12.1. The van der Waals surface area contributed by atoms with Crippen LogP contribution in [-0.4, -0.2) is 11.9 Å². The zero-order chi connectivity index (χ0) is 14.7. The van der Waals surface area contributed by atoms with Gasteiger partial charge in [0.2, 0.25) is 0 Å². The van der Waals surface area contributed by atoms with Crippen LogP contribution >= 0.6 is 22.9 Å². The molecule has 3 N–H and O–H groups in total. The van der Waals surface area contributed by atoms with Crippen molar-refractivity contribution in [3.05, 3.63) is 50.7 Å². The second-order valence-corrected chi connectivity index (χ2v) is 6.61. The van der Waals surface area contributed by atoms with Crippen LogP contribution in [0.2, 0.25) is 5.02 Å². The first-order chi connectivity index (χ1) is 9.45. The summed E-state index contributed by atoms with van der Waals surface area (Å²) in [5.41, 5.74) is 6.62. The van der Waals surface area contributed by atoms with Gasteiger partial charge in [0.05, 0.1) is 10.6 Å². The average molecular weight is 309 g/mol. The Kier molecular flexibility index (Phi) is 4.68. The van der Waals surface area contributed by atoms with Gasteiger partial charge in [-0.15, -0.1) is 11.3 Å². The Balaban J connectivity index is 2.00. The van der Waals surface area contributed by atoms with Gasteiger partial charge >= 0.3 is 0 Å². The molecule has 2 aromatic rings. The van der Waals surface area contributed by atoms with Crippen LogP contribution in [-0.2, 0) is 6.42 Å². The summed E-state index contributed by atoms with van der Waals surface area (Å²) in [5, 5.41) is 3.33. The lowest BCUT2D eigenvalue weighted by atomic mass is 10.1. The van der Waals surface area contributed by atoms with Crippen molar-refractivity contribution >= 4 is 34.5 Å². The van der Waals surface area contributed by atoms with Gasteiger partial charge in [0, 0.05) is 27.9 Å². The van der Waals surface area contributed by atoms with Gasteiger partial charge in [0.15, 0.2) is 0 Å². The zero-order valence-electron chi connectivity index (χ0n) is 11.4. The minimum atomic E-state index is -0.171. The van der Waals surface area contributed by atoms with E-state index < -0.39 is 0 Å². The van der Waals surface area contributed by atoms with Gasteiger partial charge in [-0.05, 0) is 44.2 Å². The Hall–Kier alpha value is -1.52. The number of amides is 1. The van der Waals surface area contributed by atoms with Gasteiger partial charge in [-0.2, -0.15) is 0 Å². The number of nitrogens with two attached hydrogens (primary N) is 1. The maximum Gasteiger partial charge on any atom is 0.253 e. The molecule has 0 aliphatic heterocycles. The summed E-state index contributed by atoms with van der Waals surface area (Å²) < 4.78 is 0. The van der Waals surface area contributed by atoms with Gasteiger partial charge in [-0.25, -0.2) is 0 Å². The van der Waals surface area contributed by atoms with Crippen molar-refractivity contribution in [2.45, 2.75) is 26.3 Å². The molecule has 0 radical (unpaired) electrons. The maximum absolute atomic E-state index is 12.1. The number of hydrogen-bond donors (Lipinski definition) is 2. The molecular weight excluding hydrogens is 292 g/mol. The number of rotatable bonds is 4. The quantitative estimate of drug-likeness (QED) is 0.847. The minimum absolute atomic E-state index is 0.0502. The predicted molar refractivity (Wildman–Crippen MR) is 85.6 cm³/mol. The first-order valence-corrected chi connectivity index (χ1v) is 7.56. The summed E-state index contributed by atoms with van der Waals surface area (Å²) in [6.07, 6.45) is 0.816. The van der Waals surface area contributed by atoms with Crippen LogP contribution in [0.3, 0.4) is 0 Å². The number of thiophene rings is 1. The van der Waals surface area contributed by atoms with E-state index in [1.165, 1.54) is 9.75 Å². The summed E-state index contributed by atoms with van der Waals surface area (Å²) in [5.74, 6) is -0.171. The largest absolute Gasteiger partial charge is 0.399 e. The third-order valence-corrected chi connectivity index (χ3v) is 4.25. The molecule has 0 saturated heterocycles. The average Bonchev–Trinajstić information content (AvgIpc) is 2.74. The Bertz CT molecular complexity index is 624. The lowest BCUT2D eigenvalue weighted by Gasteiger charge is -2.14. The molecule has 1 unspecified atom stereocenters. The van der Waals surface area contributed by atoms with Crippen molar-refractivity contribution in [1.29, 1.82) is 0 Å². The fourth-order valence-corrected chi connectivity index (χ4v) is 3.26. The SMILES string of the molecule is Cc1ccc(CC(C)NC(=O)c2ccc(N)cc2Cl)s1. The molecule has 3 nitrogen and oxygen atoms in total. The molecular formula is C15H17ClN2OS. The number of carbonyl (C=O) groups excluding carboxylic acids is 1. The number of nitrogens with one attached hydrogen (secondary N) is 1. The number of benzene rings is 1. The standard InChI is InChI=1S/C15H17ClN2OS/c1-9(7-12-5-3-10(2)20-12)18-15(19)13-6-4-11(17)8-14(13)16/h3-6,8-9H,7,17H2,1-2H3,(H,18,19). The second-order valence-electron chi connectivity index (χ2n) is 4.83. The molecule has 106 valence electrons. The van der Waals surface area contributed by atoms with Gasteiger partial charge in [0.25, 0.3) is 5.91 Å². The second kappa shape index (κ2) is 6.29. The first-order valence-electron chi connectivity index (χ1n) is 6.37. The highest BCUT2D eigenvalue weighted by Gasteiger charge is 2.14. The molecule has 0 fully saturated rings. The van der Waals surface area contributed by atoms with E-state index >= 15 is 0 Å². The van der Waals surface area contributed by atoms with Crippen molar-refractivity contribution in [3.8, 4) is 0 Å². The van der Waals surface area contributed by atoms with Crippen LogP contribution in [0.25, 0.3) is 0 Å². The number of hydrogen-bond acceptors (Lipinski definition) is 3. The number of nitrogen functional groups attached to an aromatic ring is 1. The molecule has 2 rings (SSSR count). The van der Waals surface area contributed by atoms with E-state index in [-0.39, 0.29) is 11.9 Å². The van der Waals surface area contributed by atoms with E-state index in [0.717, 1.165) is 6.42 Å². The molecule has 1 aromatic carbocycles. The lowest BCUT2D eigenvalue weighted by molar-refractivity contribution is 0.0940. The predicted octanol–water partition coefficient (Wildman–Crippen LogP) is 3.65. The topological polar surface area (TPSA) is 55.1 Å². The van der Waals surface area contributed by atoms with E-state index in [4.69, 9.17) is 17.3 Å². The lowest BCUT2D eigenvalue weighted by Crippen LogP contribution is -2.34. The monoisotopic (exact) mass is 308 g/mol. The summed E-state index contributed by atoms with van der Waals surface area (Å²) in [6.45, 7) is 4.06. The van der Waals surface area contributed by atoms with Crippen LogP contribution in [0.5, 0.6) is 0 Å². The number of anilines is 1. The molecule has 0 aliphatic carbocycles. The van der Waals surface area contributed by atoms with E-state index in [9.17, 15) is 4.79 Å². The van der Waals surface area contributed by atoms with Crippen LogP contribution in [0.4, 0.5) is 5.69 Å². The van der Waals surface area contributed by atoms with Gasteiger partial charge in [0.1, 0.15) is 0 Å². The Morgan fingerprint density at radius 1 is 1.40 bits per heavy atom. The van der Waals surface area contributed by atoms with Crippen molar-refractivity contribution < 1.29 is 4.79 Å². The summed E-state index contributed by atoms with van der Waals surface area (Å²) in [6, 6.07) is 9.14. The third-order valence-electron chi connectivity index (χ3n) is 2.92. The van der Waals surface area contributed by atoms with E-state index in [2.05, 4.69) is 24.4 Å². The molecule has 5 heteroatoms. The molecule has 1 aromatic heterocycles. The highest BCUT2D eigenvalue weighted by atomic mass is 35.5. The third kappa shape index (κ3) is 3.74. The van der Waals surface area contributed by atoms with Crippen molar-refractivity contribution in [2.24, 2.45) is 0 Å². The summed E-state index contributed by atoms with van der Waals surface area (Å²) >= 11 is 7.78. The smallest absolute Gasteiger partial charge is 0.253 e. The minimum Gasteiger partial charge on any atom is -0.399 e. The number of aryl methyl sites for hydroxylation is 1. The Morgan fingerprint density at radius 3 is 2.75 bits per heavy atom. The van der Waals surface area contributed by atoms with Crippen LogP contribution in [0, 0.1) is 6.92 Å². The van der Waals surface area contributed by atoms with Crippen molar-refractivity contribution in [3.63, 3.8) is 0 Å². The van der Waals surface area contributed by atoms with Crippen LogP contribution in [0.15, 0.2) is 30.3 Å². The molecule has 20 heavy (non-hydrogen) atoms. The first kappa shape index (κ1) is 14.9. The molecule has 1 heterocycles. The molecule has 0 saturated carbocycles. The highest BCUT2D eigenvalue weighted by Crippen LogP contribution is 2.20. The zero-order valence-corrected chi connectivity index (χ0v) is 13.0. The van der Waals surface area contributed by atoms with Gasteiger partial charge in [-0.1, -0.05) is 11.6 Å². The van der Waals surface area contributed by atoms with E-state index in [0.29, 0.717) is 16.3 Å². The van der Waals surface area contributed by atoms with Crippen molar-refractivity contribution in [2.75, 3.05) is 5.73 Å². The van der Waals surface area contributed by atoms with Gasteiger partial charge in [-0.3, -0.25) is 4.79 Å². The number of carbonyl (C=O) groups is 1. The Labute approximate surface area is 127 Å². The molecule has 0 spiro atoms. The number of halogens is 1. The molecule has 1 atom stereocenters. The van der Waals surface area contributed by atoms with E-state index in [1.54, 1.807) is 29.5 Å². The highest BCUT2D eigenvalue weighted by molar-refractivity contribution is 7.11. The normalized spacial score (nSPS) is 12.2. The van der Waals surface area contributed by atoms with E-state index in [1.807, 2.05) is 6.92 Å². The molecule has 0 bridgehead atoms. The molecule has 0 aliphatic rings. The summed E-state index contributed by atoms with van der Waals surface area (Å²) in [7, 11) is 0. The van der Waals surface area contributed by atoms with Gasteiger partial charge < -0.3 is 11.1 Å². The molecule has 1 amide bonds.